The number of ether oxygens (including phenoxy) is 1. The van der Waals surface area contributed by atoms with Crippen LogP contribution in [0, 0.1) is 13.8 Å². The van der Waals surface area contributed by atoms with Crippen LogP contribution < -0.4 is 10.1 Å². The van der Waals surface area contributed by atoms with Crippen molar-refractivity contribution in [1.82, 2.24) is 5.32 Å². The first-order valence-corrected chi connectivity index (χ1v) is 7.68. The number of alkyl halides is 2. The van der Waals surface area contributed by atoms with Gasteiger partial charge in [0, 0.05) is 9.75 Å². The summed E-state index contributed by atoms with van der Waals surface area (Å²) >= 11 is 1.74. The van der Waals surface area contributed by atoms with Gasteiger partial charge in [0.25, 0.3) is 0 Å². The molecule has 0 saturated carbocycles. The molecule has 2 nitrogen and oxygen atoms in total. The quantitative estimate of drug-likeness (QED) is 0.837. The van der Waals surface area contributed by atoms with E-state index in [1.54, 1.807) is 29.5 Å². The largest absolute Gasteiger partial charge is 0.435 e. The van der Waals surface area contributed by atoms with Gasteiger partial charge in [-0.25, -0.2) is 0 Å². The Morgan fingerprint density at radius 2 is 2.00 bits per heavy atom. The van der Waals surface area contributed by atoms with Crippen molar-refractivity contribution in [3.8, 4) is 5.75 Å². The molecule has 0 spiro atoms. The zero-order valence-corrected chi connectivity index (χ0v) is 13.1. The molecule has 0 amide bonds. The number of aryl methyl sites for hydroxylation is 2. The van der Waals surface area contributed by atoms with Crippen LogP contribution in [0.25, 0.3) is 0 Å². The highest BCUT2D eigenvalue weighted by molar-refractivity contribution is 7.12. The first kappa shape index (κ1) is 15.9. The third kappa shape index (κ3) is 4.02. The van der Waals surface area contributed by atoms with Gasteiger partial charge < -0.3 is 10.1 Å². The molecule has 1 N–H and O–H groups in total. The molecule has 1 unspecified atom stereocenters. The van der Waals surface area contributed by atoms with Crippen LogP contribution in [0.3, 0.4) is 0 Å². The molecule has 5 heteroatoms. The minimum absolute atomic E-state index is 0.0128. The maximum Gasteiger partial charge on any atom is 0.387 e. The van der Waals surface area contributed by atoms with E-state index in [9.17, 15) is 8.78 Å². The first-order chi connectivity index (χ1) is 10.0. The summed E-state index contributed by atoms with van der Waals surface area (Å²) in [5.74, 6) is 0.190. The number of rotatable bonds is 6. The van der Waals surface area contributed by atoms with Crippen molar-refractivity contribution in [3.05, 3.63) is 51.2 Å². The Balaban J connectivity index is 2.36. The fourth-order valence-electron chi connectivity index (χ4n) is 2.42. The molecule has 2 aromatic rings. The van der Waals surface area contributed by atoms with Crippen LogP contribution >= 0.6 is 11.3 Å². The molecule has 1 heterocycles. The van der Waals surface area contributed by atoms with Crippen molar-refractivity contribution in [2.75, 3.05) is 6.54 Å². The van der Waals surface area contributed by atoms with Gasteiger partial charge in [0.15, 0.2) is 0 Å². The molecule has 0 aliphatic rings. The van der Waals surface area contributed by atoms with Crippen molar-refractivity contribution < 1.29 is 13.5 Å². The van der Waals surface area contributed by atoms with Crippen molar-refractivity contribution >= 4 is 11.3 Å². The van der Waals surface area contributed by atoms with Crippen LogP contribution in [0.2, 0.25) is 0 Å². The van der Waals surface area contributed by atoms with Gasteiger partial charge in [-0.2, -0.15) is 8.78 Å². The molecule has 0 aliphatic heterocycles. The number of nitrogens with one attached hydrogen (secondary N) is 1. The summed E-state index contributed by atoms with van der Waals surface area (Å²) in [6.45, 7) is 4.17. The summed E-state index contributed by atoms with van der Waals surface area (Å²) in [4.78, 5) is 2.48. The van der Waals surface area contributed by atoms with E-state index >= 15 is 0 Å². The Morgan fingerprint density at radius 3 is 2.57 bits per heavy atom. The van der Waals surface area contributed by atoms with Crippen LogP contribution in [0.5, 0.6) is 5.75 Å². The minimum atomic E-state index is -2.80. The van der Waals surface area contributed by atoms with Gasteiger partial charge >= 0.3 is 6.61 Å². The Hall–Kier alpha value is -1.46. The SMILES string of the molecule is CCNC(c1cccc(OC(F)F)c1)c1cc(C)sc1C. The second kappa shape index (κ2) is 7.00. The maximum absolute atomic E-state index is 12.4. The number of halogens is 2. The molecule has 0 fully saturated rings. The van der Waals surface area contributed by atoms with Crippen molar-refractivity contribution in [2.24, 2.45) is 0 Å². The average Bonchev–Trinajstić information content (AvgIpc) is 2.74. The molecule has 1 atom stereocenters. The number of thiophene rings is 1. The van der Waals surface area contributed by atoms with E-state index in [1.165, 1.54) is 15.3 Å². The predicted molar refractivity (Wildman–Crippen MR) is 82.4 cm³/mol. The molecule has 1 aromatic heterocycles. The fourth-order valence-corrected chi connectivity index (χ4v) is 3.38. The van der Waals surface area contributed by atoms with Crippen molar-refractivity contribution in [3.63, 3.8) is 0 Å². The third-order valence-corrected chi connectivity index (χ3v) is 4.20. The molecule has 0 aliphatic carbocycles. The second-order valence-corrected chi connectivity index (χ2v) is 6.27. The van der Waals surface area contributed by atoms with Gasteiger partial charge in [0.1, 0.15) is 5.75 Å². The highest BCUT2D eigenvalue weighted by Gasteiger charge is 2.18. The lowest BCUT2D eigenvalue weighted by atomic mass is 9.99. The van der Waals surface area contributed by atoms with Crippen LogP contribution in [0.4, 0.5) is 8.78 Å². The second-order valence-electron chi connectivity index (χ2n) is 4.81. The summed E-state index contributed by atoms with van der Waals surface area (Å²) in [6, 6.07) is 9.02. The normalized spacial score (nSPS) is 12.7. The topological polar surface area (TPSA) is 21.3 Å². The number of hydrogen-bond acceptors (Lipinski definition) is 3. The first-order valence-electron chi connectivity index (χ1n) is 6.86. The Morgan fingerprint density at radius 1 is 1.24 bits per heavy atom. The lowest BCUT2D eigenvalue weighted by molar-refractivity contribution is -0.0498. The molecular weight excluding hydrogens is 292 g/mol. The van der Waals surface area contributed by atoms with Gasteiger partial charge in [0.2, 0.25) is 0 Å². The lowest BCUT2D eigenvalue weighted by Crippen LogP contribution is -2.22. The minimum Gasteiger partial charge on any atom is -0.435 e. The summed E-state index contributed by atoms with van der Waals surface area (Å²) in [7, 11) is 0. The maximum atomic E-state index is 12.4. The van der Waals surface area contributed by atoms with E-state index < -0.39 is 6.61 Å². The third-order valence-electron chi connectivity index (χ3n) is 3.22. The van der Waals surface area contributed by atoms with Crippen molar-refractivity contribution in [1.29, 1.82) is 0 Å². The summed E-state index contributed by atoms with van der Waals surface area (Å²) in [5.41, 5.74) is 2.12. The standard InChI is InChI=1S/C16H19F2NOS/c1-4-19-15(14-8-10(2)21-11(14)3)12-6-5-7-13(9-12)20-16(17)18/h5-9,15-16,19H,4H2,1-3H3. The van der Waals surface area contributed by atoms with Gasteiger partial charge in [0.05, 0.1) is 6.04 Å². The Bertz CT molecular complexity index is 598. The van der Waals surface area contributed by atoms with Crippen LogP contribution in [-0.2, 0) is 0 Å². The molecule has 0 saturated heterocycles. The number of benzene rings is 1. The van der Waals surface area contributed by atoms with E-state index in [4.69, 9.17) is 0 Å². The van der Waals surface area contributed by atoms with Gasteiger partial charge in [-0.1, -0.05) is 19.1 Å². The zero-order valence-electron chi connectivity index (χ0n) is 12.3. The van der Waals surface area contributed by atoms with Crippen molar-refractivity contribution in [2.45, 2.75) is 33.4 Å². The summed E-state index contributed by atoms with van der Waals surface area (Å²) in [5, 5.41) is 3.41. The van der Waals surface area contributed by atoms with E-state index in [-0.39, 0.29) is 11.8 Å². The lowest BCUT2D eigenvalue weighted by Gasteiger charge is -2.19. The molecular formula is C16H19F2NOS. The smallest absolute Gasteiger partial charge is 0.387 e. The zero-order chi connectivity index (χ0) is 15.4. The van der Waals surface area contributed by atoms with Crippen LogP contribution in [-0.4, -0.2) is 13.2 Å². The Labute approximate surface area is 127 Å². The highest BCUT2D eigenvalue weighted by atomic mass is 32.1. The average molecular weight is 311 g/mol. The van der Waals surface area contributed by atoms with Gasteiger partial charge in [-0.3, -0.25) is 0 Å². The summed E-state index contributed by atoms with van der Waals surface area (Å²) in [6.07, 6.45) is 0. The van der Waals surface area contributed by atoms with Crippen LogP contribution in [0.15, 0.2) is 30.3 Å². The number of hydrogen-bond donors (Lipinski definition) is 1. The monoisotopic (exact) mass is 311 g/mol. The van der Waals surface area contributed by atoms with E-state index in [0.29, 0.717) is 0 Å². The fraction of sp³-hybridized carbons (Fsp3) is 0.375. The Kier molecular flexibility index (Phi) is 5.31. The molecule has 114 valence electrons. The highest BCUT2D eigenvalue weighted by Crippen LogP contribution is 2.32. The van der Waals surface area contributed by atoms with Crippen LogP contribution in [0.1, 0.15) is 33.8 Å². The predicted octanol–water partition coefficient (Wildman–Crippen LogP) is 4.67. The molecule has 2 rings (SSSR count). The molecule has 0 bridgehead atoms. The van der Waals surface area contributed by atoms with E-state index in [1.807, 2.05) is 13.0 Å². The van der Waals surface area contributed by atoms with Gasteiger partial charge in [-0.05, 0) is 49.7 Å². The van der Waals surface area contributed by atoms with Gasteiger partial charge in [-0.15, -0.1) is 11.3 Å². The van der Waals surface area contributed by atoms with E-state index in [2.05, 4.69) is 30.0 Å². The summed E-state index contributed by atoms with van der Waals surface area (Å²) < 4.78 is 29.2. The molecule has 1 aromatic carbocycles. The molecule has 0 radical (unpaired) electrons. The molecule has 21 heavy (non-hydrogen) atoms. The van der Waals surface area contributed by atoms with E-state index in [0.717, 1.165) is 12.1 Å².